The highest BCUT2D eigenvalue weighted by Crippen LogP contribution is 2.26. The highest BCUT2D eigenvalue weighted by Gasteiger charge is 2.31. The zero-order chi connectivity index (χ0) is 26.0. The molecular weight excluding hydrogens is 460 g/mol. The lowest BCUT2D eigenvalue weighted by Gasteiger charge is -2.32. The van der Waals surface area contributed by atoms with Crippen LogP contribution in [0.3, 0.4) is 0 Å². The monoisotopic (exact) mass is 492 g/mol. The molecule has 0 saturated carbocycles. The molecule has 0 heterocycles. The van der Waals surface area contributed by atoms with Crippen molar-refractivity contribution in [2.75, 3.05) is 7.11 Å². The van der Waals surface area contributed by atoms with E-state index in [4.69, 9.17) is 4.74 Å². The Morgan fingerprint density at radius 1 is 0.757 bits per heavy atom. The zero-order valence-corrected chi connectivity index (χ0v) is 21.3. The Labute approximate surface area is 218 Å². The fraction of sp³-hybridized carbons (Fsp3) is 0.188. The molecule has 4 aromatic rings. The van der Waals surface area contributed by atoms with Crippen LogP contribution < -0.4 is 10.1 Å². The maximum Gasteiger partial charge on any atom is 0.247 e. The van der Waals surface area contributed by atoms with E-state index in [0.29, 0.717) is 6.54 Å². The summed E-state index contributed by atoms with van der Waals surface area (Å²) in [6.45, 7) is 2.70. The molecule has 4 aromatic carbocycles. The highest BCUT2D eigenvalue weighted by atomic mass is 16.5. The predicted octanol–water partition coefficient (Wildman–Crippen LogP) is 5.63. The van der Waals surface area contributed by atoms with E-state index in [0.717, 1.165) is 33.6 Å². The van der Waals surface area contributed by atoms with Gasteiger partial charge in [0.2, 0.25) is 11.8 Å². The largest absolute Gasteiger partial charge is 0.497 e. The van der Waals surface area contributed by atoms with E-state index in [2.05, 4.69) is 5.32 Å². The van der Waals surface area contributed by atoms with E-state index < -0.39 is 6.04 Å². The summed E-state index contributed by atoms with van der Waals surface area (Å²) in [6.07, 6.45) is 0.200. The van der Waals surface area contributed by atoms with Crippen molar-refractivity contribution in [3.8, 4) is 5.75 Å². The smallest absolute Gasteiger partial charge is 0.247 e. The summed E-state index contributed by atoms with van der Waals surface area (Å²) in [5.74, 6) is 0.393. The molecule has 2 amide bonds. The first kappa shape index (κ1) is 25.7. The molecular formula is C32H32N2O3. The van der Waals surface area contributed by atoms with Crippen molar-refractivity contribution in [3.05, 3.63) is 137 Å². The number of ether oxygens (including phenoxy) is 1. The van der Waals surface area contributed by atoms with Crippen LogP contribution in [0, 0.1) is 6.92 Å². The van der Waals surface area contributed by atoms with Crippen molar-refractivity contribution >= 4 is 11.8 Å². The second-order valence-corrected chi connectivity index (χ2v) is 9.05. The number of hydrogen-bond acceptors (Lipinski definition) is 3. The molecule has 188 valence electrons. The van der Waals surface area contributed by atoms with Crippen molar-refractivity contribution < 1.29 is 14.3 Å². The van der Waals surface area contributed by atoms with Gasteiger partial charge in [-0.25, -0.2) is 0 Å². The maximum absolute atomic E-state index is 13.8. The summed E-state index contributed by atoms with van der Waals surface area (Å²) in [5.41, 5.74) is 4.74. The second kappa shape index (κ2) is 12.5. The first-order valence-electron chi connectivity index (χ1n) is 12.4. The first-order valence-corrected chi connectivity index (χ1v) is 12.4. The molecule has 1 atom stereocenters. The number of hydrogen-bond donors (Lipinski definition) is 1. The first-order chi connectivity index (χ1) is 18.0. The third-order valence-corrected chi connectivity index (χ3v) is 6.29. The van der Waals surface area contributed by atoms with Crippen LogP contribution in [-0.4, -0.2) is 23.8 Å². The average molecular weight is 493 g/mol. The predicted molar refractivity (Wildman–Crippen MR) is 146 cm³/mol. The fourth-order valence-electron chi connectivity index (χ4n) is 4.22. The van der Waals surface area contributed by atoms with E-state index in [1.807, 2.05) is 116 Å². The zero-order valence-electron chi connectivity index (χ0n) is 21.3. The van der Waals surface area contributed by atoms with Crippen LogP contribution in [0.5, 0.6) is 5.75 Å². The Bertz CT molecular complexity index is 1290. The molecule has 0 aliphatic rings. The summed E-state index contributed by atoms with van der Waals surface area (Å²) < 4.78 is 5.29. The molecule has 4 rings (SSSR count). The molecule has 5 heteroatoms. The molecule has 0 saturated heterocycles. The van der Waals surface area contributed by atoms with E-state index in [1.54, 1.807) is 12.0 Å². The van der Waals surface area contributed by atoms with Gasteiger partial charge in [0, 0.05) is 13.1 Å². The molecule has 0 aromatic heterocycles. The lowest BCUT2D eigenvalue weighted by molar-refractivity contribution is -0.141. The number of rotatable bonds is 10. The number of carbonyl (C=O) groups is 2. The van der Waals surface area contributed by atoms with Crippen LogP contribution in [0.4, 0.5) is 0 Å². The van der Waals surface area contributed by atoms with Crippen molar-refractivity contribution in [2.24, 2.45) is 0 Å². The molecule has 0 spiro atoms. The van der Waals surface area contributed by atoms with Crippen molar-refractivity contribution in [2.45, 2.75) is 32.5 Å². The lowest BCUT2D eigenvalue weighted by Crippen LogP contribution is -2.43. The number of methoxy groups -OCH3 is 1. The molecule has 0 fully saturated rings. The van der Waals surface area contributed by atoms with Gasteiger partial charge in [0.1, 0.15) is 11.8 Å². The van der Waals surface area contributed by atoms with E-state index in [-0.39, 0.29) is 24.8 Å². The summed E-state index contributed by atoms with van der Waals surface area (Å²) in [6, 6.07) is 33.9. The molecule has 1 N–H and O–H groups in total. The number of nitrogens with one attached hydrogen (secondary N) is 1. The third kappa shape index (κ3) is 7.07. The normalized spacial score (nSPS) is 11.4. The van der Waals surface area contributed by atoms with Gasteiger partial charge in [-0.1, -0.05) is 103 Å². The maximum atomic E-state index is 13.8. The molecule has 0 aliphatic heterocycles. The molecule has 37 heavy (non-hydrogen) atoms. The Morgan fingerprint density at radius 3 is 1.97 bits per heavy atom. The lowest BCUT2D eigenvalue weighted by atomic mass is 10.0. The van der Waals surface area contributed by atoms with Crippen LogP contribution >= 0.6 is 0 Å². The summed E-state index contributed by atoms with van der Waals surface area (Å²) in [7, 11) is 1.62. The standard InChI is InChI=1S/C32H32N2O3/c1-24-13-15-26(16-14-24)22-33-32(36)31(28-11-7-4-8-12-28)34(23-27-17-19-29(37-2)20-18-27)30(35)21-25-9-5-3-6-10-25/h3-20,31H,21-23H2,1-2H3,(H,33,36)/t31-/m0/s1. The van der Waals surface area contributed by atoms with Crippen LogP contribution in [0.1, 0.15) is 33.9 Å². The number of aryl methyl sites for hydroxylation is 1. The number of amides is 2. The van der Waals surface area contributed by atoms with Gasteiger partial charge in [-0.3, -0.25) is 9.59 Å². The van der Waals surface area contributed by atoms with Crippen LogP contribution in [0.15, 0.2) is 109 Å². The van der Waals surface area contributed by atoms with Gasteiger partial charge < -0.3 is 15.0 Å². The van der Waals surface area contributed by atoms with Gasteiger partial charge in [-0.05, 0) is 41.3 Å². The Hall–Kier alpha value is -4.38. The molecule has 0 bridgehead atoms. The number of carbonyl (C=O) groups excluding carboxylic acids is 2. The van der Waals surface area contributed by atoms with Crippen molar-refractivity contribution in [1.29, 1.82) is 0 Å². The Balaban J connectivity index is 1.66. The van der Waals surface area contributed by atoms with Crippen LogP contribution in [0.2, 0.25) is 0 Å². The third-order valence-electron chi connectivity index (χ3n) is 6.29. The molecule has 0 radical (unpaired) electrons. The van der Waals surface area contributed by atoms with Gasteiger partial charge in [-0.2, -0.15) is 0 Å². The highest BCUT2D eigenvalue weighted by molar-refractivity contribution is 5.89. The minimum Gasteiger partial charge on any atom is -0.497 e. The molecule has 0 unspecified atom stereocenters. The summed E-state index contributed by atoms with van der Waals surface area (Å²) in [5, 5.41) is 3.07. The topological polar surface area (TPSA) is 58.6 Å². The van der Waals surface area contributed by atoms with Gasteiger partial charge in [0.15, 0.2) is 0 Å². The summed E-state index contributed by atoms with van der Waals surface area (Å²) in [4.78, 5) is 29.2. The quantitative estimate of drug-likeness (QED) is 0.312. The summed E-state index contributed by atoms with van der Waals surface area (Å²) >= 11 is 0. The van der Waals surface area contributed by atoms with Crippen molar-refractivity contribution in [1.82, 2.24) is 10.2 Å². The van der Waals surface area contributed by atoms with Gasteiger partial charge in [0.25, 0.3) is 0 Å². The van der Waals surface area contributed by atoms with Crippen LogP contribution in [-0.2, 0) is 29.1 Å². The SMILES string of the molecule is COc1ccc(CN(C(=O)Cc2ccccc2)[C@H](C(=O)NCc2ccc(C)cc2)c2ccccc2)cc1. The average Bonchev–Trinajstić information content (AvgIpc) is 2.94. The minimum absolute atomic E-state index is 0.124. The van der Waals surface area contributed by atoms with Gasteiger partial charge in [0.05, 0.1) is 13.5 Å². The number of benzene rings is 4. The van der Waals surface area contributed by atoms with Gasteiger partial charge in [-0.15, -0.1) is 0 Å². The second-order valence-electron chi connectivity index (χ2n) is 9.05. The Morgan fingerprint density at radius 2 is 1.35 bits per heavy atom. The van der Waals surface area contributed by atoms with Crippen molar-refractivity contribution in [3.63, 3.8) is 0 Å². The molecule has 0 aliphatic carbocycles. The minimum atomic E-state index is -0.787. The van der Waals surface area contributed by atoms with E-state index in [1.165, 1.54) is 0 Å². The number of nitrogens with zero attached hydrogens (tertiary/aromatic N) is 1. The van der Waals surface area contributed by atoms with E-state index in [9.17, 15) is 9.59 Å². The molecule has 5 nitrogen and oxygen atoms in total. The van der Waals surface area contributed by atoms with Crippen LogP contribution in [0.25, 0.3) is 0 Å². The van der Waals surface area contributed by atoms with Gasteiger partial charge >= 0.3 is 0 Å². The Kier molecular flexibility index (Phi) is 8.71. The van der Waals surface area contributed by atoms with E-state index >= 15 is 0 Å². The fourth-order valence-corrected chi connectivity index (χ4v) is 4.22.